The van der Waals surface area contributed by atoms with Crippen molar-refractivity contribution in [2.75, 3.05) is 0 Å². The van der Waals surface area contributed by atoms with Crippen molar-refractivity contribution >= 4 is 27.6 Å². The third kappa shape index (κ3) is 1.52. The molecule has 3 aromatic rings. The van der Waals surface area contributed by atoms with Crippen molar-refractivity contribution in [2.45, 2.75) is 0 Å². The molecule has 0 aliphatic carbocycles. The van der Waals surface area contributed by atoms with E-state index in [2.05, 4.69) is 4.98 Å². The van der Waals surface area contributed by atoms with Crippen molar-refractivity contribution in [2.24, 2.45) is 5.73 Å². The van der Waals surface area contributed by atoms with Crippen LogP contribution in [-0.2, 0) is 0 Å². The van der Waals surface area contributed by atoms with Gasteiger partial charge in [-0.2, -0.15) is 0 Å². The van der Waals surface area contributed by atoms with Gasteiger partial charge in [-0.3, -0.25) is 4.79 Å². The molecule has 82 valence electrons. The van der Waals surface area contributed by atoms with Gasteiger partial charge in [-0.05, 0) is 11.5 Å². The number of amides is 1. The van der Waals surface area contributed by atoms with Crippen molar-refractivity contribution in [1.29, 1.82) is 0 Å². The fourth-order valence-corrected chi connectivity index (χ4v) is 1.99. The summed E-state index contributed by atoms with van der Waals surface area (Å²) in [7, 11) is 0. The lowest BCUT2D eigenvalue weighted by Gasteiger charge is -2.04. The molecule has 0 saturated carbocycles. The quantitative estimate of drug-likeness (QED) is 0.643. The summed E-state index contributed by atoms with van der Waals surface area (Å²) in [5, 5.41) is 3.15. The lowest BCUT2D eigenvalue weighted by atomic mass is 10.1. The number of carbonyl (C=O) groups excluding carboxylic acids is 1. The van der Waals surface area contributed by atoms with Gasteiger partial charge in [0.25, 0.3) is 5.91 Å². The summed E-state index contributed by atoms with van der Waals surface area (Å²) in [6.07, 6.45) is 0. The molecule has 0 unspecified atom stereocenters. The van der Waals surface area contributed by atoms with Crippen LogP contribution in [0, 0.1) is 0 Å². The van der Waals surface area contributed by atoms with E-state index in [9.17, 15) is 4.79 Å². The van der Waals surface area contributed by atoms with Gasteiger partial charge in [0.15, 0.2) is 0 Å². The molecule has 0 fully saturated rings. The van der Waals surface area contributed by atoms with Crippen molar-refractivity contribution in [3.8, 4) is 0 Å². The monoisotopic (exact) mass is 222 g/mol. The molecule has 1 heterocycles. The minimum atomic E-state index is -0.500. The van der Waals surface area contributed by atoms with Crippen LogP contribution in [0.25, 0.3) is 21.7 Å². The average Bonchev–Trinajstić information content (AvgIpc) is 2.38. The van der Waals surface area contributed by atoms with Crippen LogP contribution in [0.1, 0.15) is 10.5 Å². The van der Waals surface area contributed by atoms with Gasteiger partial charge < -0.3 is 5.73 Å². The van der Waals surface area contributed by atoms with E-state index >= 15 is 0 Å². The van der Waals surface area contributed by atoms with Crippen LogP contribution in [0.5, 0.6) is 0 Å². The Hall–Kier alpha value is -2.42. The largest absolute Gasteiger partial charge is 0.364 e. The zero-order valence-electron chi connectivity index (χ0n) is 9.05. The Bertz CT molecular complexity index is 734. The van der Waals surface area contributed by atoms with Crippen molar-refractivity contribution in [1.82, 2.24) is 4.98 Å². The van der Waals surface area contributed by atoms with Crippen molar-refractivity contribution in [3.05, 3.63) is 54.2 Å². The third-order valence-corrected chi connectivity index (χ3v) is 2.84. The van der Waals surface area contributed by atoms with E-state index in [1.165, 1.54) is 0 Å². The van der Waals surface area contributed by atoms with Crippen LogP contribution in [0.2, 0.25) is 0 Å². The summed E-state index contributed by atoms with van der Waals surface area (Å²) in [5.74, 6) is -0.500. The van der Waals surface area contributed by atoms with E-state index in [0.29, 0.717) is 5.69 Å². The number of pyridine rings is 1. The first-order valence-corrected chi connectivity index (χ1v) is 5.34. The summed E-state index contributed by atoms with van der Waals surface area (Å²) in [5.41, 5.74) is 6.37. The maximum absolute atomic E-state index is 11.1. The molecular formula is C14H10N2O. The van der Waals surface area contributed by atoms with E-state index in [4.69, 9.17) is 5.73 Å². The Morgan fingerprint density at radius 1 is 0.941 bits per heavy atom. The first-order valence-electron chi connectivity index (χ1n) is 5.34. The highest BCUT2D eigenvalue weighted by molar-refractivity contribution is 6.06. The van der Waals surface area contributed by atoms with E-state index < -0.39 is 5.91 Å². The molecule has 0 atom stereocenters. The van der Waals surface area contributed by atoms with E-state index in [1.54, 1.807) is 6.07 Å². The van der Waals surface area contributed by atoms with Gasteiger partial charge in [0, 0.05) is 10.8 Å². The number of hydrogen-bond acceptors (Lipinski definition) is 2. The number of benzene rings is 2. The number of rotatable bonds is 1. The molecule has 2 aromatic carbocycles. The normalized spacial score (nSPS) is 10.8. The molecule has 1 amide bonds. The standard InChI is InChI=1S/C14H10N2O/c15-14(17)12-8-7-10-6-5-9-3-1-2-4-11(9)13(10)16-12/h1-8H,(H2,15,17). The Kier molecular flexibility index (Phi) is 2.05. The number of aromatic nitrogens is 1. The predicted octanol–water partition coefficient (Wildman–Crippen LogP) is 2.49. The number of hydrogen-bond donors (Lipinski definition) is 1. The molecule has 3 nitrogen and oxygen atoms in total. The third-order valence-electron chi connectivity index (χ3n) is 2.84. The Morgan fingerprint density at radius 2 is 1.65 bits per heavy atom. The fraction of sp³-hybridized carbons (Fsp3) is 0. The van der Waals surface area contributed by atoms with Gasteiger partial charge in [-0.25, -0.2) is 4.98 Å². The highest BCUT2D eigenvalue weighted by atomic mass is 16.1. The van der Waals surface area contributed by atoms with Gasteiger partial charge in [-0.1, -0.05) is 42.5 Å². The smallest absolute Gasteiger partial charge is 0.267 e. The predicted molar refractivity (Wildman–Crippen MR) is 67.8 cm³/mol. The van der Waals surface area contributed by atoms with Gasteiger partial charge in [0.1, 0.15) is 5.69 Å². The van der Waals surface area contributed by atoms with Crippen LogP contribution in [0.15, 0.2) is 48.5 Å². The molecule has 17 heavy (non-hydrogen) atoms. The molecule has 0 spiro atoms. The molecule has 2 N–H and O–H groups in total. The van der Waals surface area contributed by atoms with Crippen LogP contribution >= 0.6 is 0 Å². The highest BCUT2D eigenvalue weighted by Crippen LogP contribution is 2.23. The molecular weight excluding hydrogens is 212 g/mol. The molecule has 3 heteroatoms. The fourth-order valence-electron chi connectivity index (χ4n) is 1.99. The SMILES string of the molecule is NC(=O)c1ccc2ccc3ccccc3c2n1. The van der Waals surface area contributed by atoms with Crippen LogP contribution < -0.4 is 5.73 Å². The van der Waals surface area contributed by atoms with E-state index in [1.807, 2.05) is 42.5 Å². The number of primary amides is 1. The van der Waals surface area contributed by atoms with Gasteiger partial charge in [-0.15, -0.1) is 0 Å². The number of nitrogens with two attached hydrogens (primary N) is 1. The lowest BCUT2D eigenvalue weighted by molar-refractivity contribution is 0.0996. The highest BCUT2D eigenvalue weighted by Gasteiger charge is 2.06. The first kappa shape index (κ1) is 9.78. The summed E-state index contributed by atoms with van der Waals surface area (Å²) < 4.78 is 0. The lowest BCUT2D eigenvalue weighted by Crippen LogP contribution is -2.12. The van der Waals surface area contributed by atoms with Gasteiger partial charge in [0.05, 0.1) is 5.52 Å². The summed E-state index contributed by atoms with van der Waals surface area (Å²) in [6.45, 7) is 0. The molecule has 0 aliphatic rings. The Labute approximate surface area is 97.9 Å². The molecule has 3 rings (SSSR count). The van der Waals surface area contributed by atoms with Crippen molar-refractivity contribution in [3.63, 3.8) is 0 Å². The number of carbonyl (C=O) groups is 1. The second-order valence-electron chi connectivity index (χ2n) is 3.92. The van der Waals surface area contributed by atoms with E-state index in [0.717, 1.165) is 21.7 Å². The number of fused-ring (bicyclic) bond motifs is 3. The van der Waals surface area contributed by atoms with Crippen LogP contribution in [0.3, 0.4) is 0 Å². The molecule has 1 aromatic heterocycles. The first-order chi connectivity index (χ1) is 8.25. The second-order valence-corrected chi connectivity index (χ2v) is 3.92. The zero-order chi connectivity index (χ0) is 11.8. The molecule has 0 saturated heterocycles. The minimum Gasteiger partial charge on any atom is -0.364 e. The topological polar surface area (TPSA) is 56.0 Å². The summed E-state index contributed by atoms with van der Waals surface area (Å²) in [4.78, 5) is 15.5. The summed E-state index contributed by atoms with van der Waals surface area (Å²) in [6, 6.07) is 15.5. The van der Waals surface area contributed by atoms with Crippen molar-refractivity contribution < 1.29 is 4.79 Å². The second kappa shape index (κ2) is 3.56. The minimum absolute atomic E-state index is 0.300. The van der Waals surface area contributed by atoms with Gasteiger partial charge >= 0.3 is 0 Å². The Morgan fingerprint density at radius 3 is 2.47 bits per heavy atom. The summed E-state index contributed by atoms with van der Waals surface area (Å²) >= 11 is 0. The molecule has 0 aliphatic heterocycles. The average molecular weight is 222 g/mol. The van der Waals surface area contributed by atoms with Crippen LogP contribution in [0.4, 0.5) is 0 Å². The van der Waals surface area contributed by atoms with E-state index in [-0.39, 0.29) is 0 Å². The van der Waals surface area contributed by atoms with Gasteiger partial charge in [0.2, 0.25) is 0 Å². The Balaban J connectivity index is 2.46. The molecule has 0 radical (unpaired) electrons. The number of nitrogens with zero attached hydrogens (tertiary/aromatic N) is 1. The van der Waals surface area contributed by atoms with Crippen LogP contribution in [-0.4, -0.2) is 10.9 Å². The maximum Gasteiger partial charge on any atom is 0.267 e. The zero-order valence-corrected chi connectivity index (χ0v) is 9.05. The molecule has 0 bridgehead atoms. The maximum atomic E-state index is 11.1.